The SMILES string of the molecule is CC(C)(C)CCOCn1ccc2c(Cl)ncnc21. The second kappa shape index (κ2) is 5.24. The molecule has 0 saturated carbocycles. The Hall–Kier alpha value is -1.13. The first-order chi connectivity index (χ1) is 8.47. The zero-order chi connectivity index (χ0) is 13.2. The second-order valence-corrected chi connectivity index (χ2v) is 5.89. The highest BCUT2D eigenvalue weighted by Crippen LogP contribution is 2.21. The van der Waals surface area contributed by atoms with E-state index in [9.17, 15) is 0 Å². The largest absolute Gasteiger partial charge is 0.361 e. The first kappa shape index (κ1) is 13.3. The van der Waals surface area contributed by atoms with Crippen molar-refractivity contribution in [3.63, 3.8) is 0 Å². The molecule has 0 aliphatic rings. The lowest BCUT2D eigenvalue weighted by molar-refractivity contribution is 0.0610. The van der Waals surface area contributed by atoms with Gasteiger partial charge in [0, 0.05) is 12.8 Å². The Kier molecular flexibility index (Phi) is 3.88. The summed E-state index contributed by atoms with van der Waals surface area (Å²) in [6, 6.07) is 1.91. The van der Waals surface area contributed by atoms with E-state index >= 15 is 0 Å². The molecule has 0 unspecified atom stereocenters. The number of halogens is 1. The Labute approximate surface area is 112 Å². The molecular formula is C13H18ClN3O. The van der Waals surface area contributed by atoms with Gasteiger partial charge in [-0.25, -0.2) is 9.97 Å². The van der Waals surface area contributed by atoms with E-state index in [2.05, 4.69) is 30.7 Å². The zero-order valence-corrected chi connectivity index (χ0v) is 11.7. The van der Waals surface area contributed by atoms with Gasteiger partial charge >= 0.3 is 0 Å². The van der Waals surface area contributed by atoms with Crippen molar-refractivity contribution in [3.8, 4) is 0 Å². The molecule has 0 radical (unpaired) electrons. The average molecular weight is 268 g/mol. The van der Waals surface area contributed by atoms with Crippen LogP contribution in [0.3, 0.4) is 0 Å². The van der Waals surface area contributed by atoms with Crippen LogP contribution >= 0.6 is 11.6 Å². The molecule has 2 heterocycles. The summed E-state index contributed by atoms with van der Waals surface area (Å²) in [6.07, 6.45) is 4.42. The fourth-order valence-corrected chi connectivity index (χ4v) is 1.81. The molecule has 0 N–H and O–H groups in total. The van der Waals surface area contributed by atoms with Crippen LogP contribution in [0, 0.1) is 5.41 Å². The Morgan fingerprint density at radius 1 is 1.33 bits per heavy atom. The van der Waals surface area contributed by atoms with Crippen molar-refractivity contribution in [2.75, 3.05) is 6.61 Å². The summed E-state index contributed by atoms with van der Waals surface area (Å²) < 4.78 is 7.60. The molecule has 18 heavy (non-hydrogen) atoms. The smallest absolute Gasteiger partial charge is 0.146 e. The summed E-state index contributed by atoms with van der Waals surface area (Å²) in [6.45, 7) is 7.84. The van der Waals surface area contributed by atoms with E-state index < -0.39 is 0 Å². The fourth-order valence-electron chi connectivity index (χ4n) is 1.62. The summed E-state index contributed by atoms with van der Waals surface area (Å²) >= 11 is 5.99. The van der Waals surface area contributed by atoms with Gasteiger partial charge in [-0.2, -0.15) is 0 Å². The zero-order valence-electron chi connectivity index (χ0n) is 11.0. The standard InChI is InChI=1S/C13H18ClN3O/c1-13(2,3)5-7-18-9-17-6-4-10-11(14)15-8-16-12(10)17/h4,6,8H,5,7,9H2,1-3H3. The molecule has 4 nitrogen and oxygen atoms in total. The molecule has 0 aromatic carbocycles. The molecular weight excluding hydrogens is 250 g/mol. The van der Waals surface area contributed by atoms with E-state index in [-0.39, 0.29) is 0 Å². The van der Waals surface area contributed by atoms with Crippen LogP contribution in [0.25, 0.3) is 11.0 Å². The maximum Gasteiger partial charge on any atom is 0.146 e. The molecule has 0 fully saturated rings. The van der Waals surface area contributed by atoms with Crippen molar-refractivity contribution in [2.24, 2.45) is 5.41 Å². The average Bonchev–Trinajstić information content (AvgIpc) is 2.68. The minimum absolute atomic E-state index is 0.296. The third kappa shape index (κ3) is 3.21. The number of fused-ring (bicyclic) bond motifs is 1. The third-order valence-electron chi connectivity index (χ3n) is 2.73. The van der Waals surface area contributed by atoms with Crippen molar-refractivity contribution < 1.29 is 4.74 Å². The quantitative estimate of drug-likeness (QED) is 0.629. The molecule has 0 bridgehead atoms. The number of ether oxygens (including phenoxy) is 1. The molecule has 98 valence electrons. The van der Waals surface area contributed by atoms with Crippen molar-refractivity contribution >= 4 is 22.6 Å². The maximum atomic E-state index is 5.99. The fraction of sp³-hybridized carbons (Fsp3) is 0.538. The minimum atomic E-state index is 0.296. The van der Waals surface area contributed by atoms with Gasteiger partial charge in [0.1, 0.15) is 23.9 Å². The van der Waals surface area contributed by atoms with Gasteiger partial charge < -0.3 is 9.30 Å². The summed E-state index contributed by atoms with van der Waals surface area (Å²) in [5.74, 6) is 0. The molecule has 2 aromatic heterocycles. The lowest BCUT2D eigenvalue weighted by Gasteiger charge is -2.17. The van der Waals surface area contributed by atoms with Crippen LogP contribution in [0.2, 0.25) is 5.15 Å². The van der Waals surface area contributed by atoms with Crippen LogP contribution < -0.4 is 0 Å². The van der Waals surface area contributed by atoms with Crippen molar-refractivity contribution in [1.29, 1.82) is 0 Å². The van der Waals surface area contributed by atoms with E-state index in [1.165, 1.54) is 6.33 Å². The molecule has 0 aliphatic carbocycles. The van der Waals surface area contributed by atoms with Crippen LogP contribution in [0.15, 0.2) is 18.6 Å². The van der Waals surface area contributed by atoms with E-state index in [0.717, 1.165) is 24.1 Å². The number of nitrogens with zero attached hydrogens (tertiary/aromatic N) is 3. The lowest BCUT2D eigenvalue weighted by atomic mass is 9.93. The number of hydrogen-bond acceptors (Lipinski definition) is 3. The normalized spacial score (nSPS) is 12.2. The van der Waals surface area contributed by atoms with Crippen molar-refractivity contribution in [1.82, 2.24) is 14.5 Å². The third-order valence-corrected chi connectivity index (χ3v) is 3.04. The Balaban J connectivity index is 1.98. The van der Waals surface area contributed by atoms with Gasteiger partial charge in [0.15, 0.2) is 0 Å². The molecule has 0 amide bonds. The topological polar surface area (TPSA) is 39.9 Å². The van der Waals surface area contributed by atoms with Gasteiger partial charge in [-0.1, -0.05) is 32.4 Å². The molecule has 0 spiro atoms. The number of rotatable bonds is 4. The van der Waals surface area contributed by atoms with Crippen LogP contribution in [0.5, 0.6) is 0 Å². The summed E-state index contributed by atoms with van der Waals surface area (Å²) in [4.78, 5) is 8.17. The Morgan fingerprint density at radius 2 is 2.11 bits per heavy atom. The van der Waals surface area contributed by atoms with Crippen molar-refractivity contribution in [2.45, 2.75) is 33.9 Å². The van der Waals surface area contributed by atoms with Crippen LogP contribution in [-0.4, -0.2) is 21.1 Å². The minimum Gasteiger partial charge on any atom is -0.361 e. The molecule has 2 aromatic rings. The highest BCUT2D eigenvalue weighted by Gasteiger charge is 2.10. The second-order valence-electron chi connectivity index (χ2n) is 5.54. The van der Waals surface area contributed by atoms with Crippen LogP contribution in [-0.2, 0) is 11.5 Å². The summed E-state index contributed by atoms with van der Waals surface area (Å²) in [7, 11) is 0. The van der Waals surface area contributed by atoms with E-state index in [1.54, 1.807) is 0 Å². The van der Waals surface area contributed by atoms with Gasteiger partial charge in [0.25, 0.3) is 0 Å². The van der Waals surface area contributed by atoms with Gasteiger partial charge in [-0.05, 0) is 17.9 Å². The first-order valence-corrected chi connectivity index (χ1v) is 6.38. The van der Waals surface area contributed by atoms with Gasteiger partial charge in [0.2, 0.25) is 0 Å². The molecule has 5 heteroatoms. The lowest BCUT2D eigenvalue weighted by Crippen LogP contribution is -2.11. The van der Waals surface area contributed by atoms with E-state index in [1.807, 2.05) is 16.8 Å². The number of hydrogen-bond donors (Lipinski definition) is 0. The number of aromatic nitrogens is 3. The van der Waals surface area contributed by atoms with Gasteiger partial charge in [-0.15, -0.1) is 0 Å². The molecule has 0 atom stereocenters. The monoisotopic (exact) mass is 267 g/mol. The van der Waals surface area contributed by atoms with Crippen LogP contribution in [0.4, 0.5) is 0 Å². The summed E-state index contributed by atoms with van der Waals surface area (Å²) in [5, 5.41) is 1.34. The molecule has 2 rings (SSSR count). The predicted molar refractivity (Wildman–Crippen MR) is 72.6 cm³/mol. The highest BCUT2D eigenvalue weighted by molar-refractivity contribution is 6.33. The van der Waals surface area contributed by atoms with Crippen molar-refractivity contribution in [3.05, 3.63) is 23.7 Å². The van der Waals surface area contributed by atoms with Gasteiger partial charge in [0.05, 0.1) is 5.39 Å². The van der Waals surface area contributed by atoms with Gasteiger partial charge in [-0.3, -0.25) is 0 Å². The maximum absolute atomic E-state index is 5.99. The molecule has 0 aliphatic heterocycles. The Bertz CT molecular complexity index is 531. The highest BCUT2D eigenvalue weighted by atomic mass is 35.5. The van der Waals surface area contributed by atoms with E-state index in [4.69, 9.17) is 16.3 Å². The van der Waals surface area contributed by atoms with E-state index in [0.29, 0.717) is 17.3 Å². The first-order valence-electron chi connectivity index (χ1n) is 6.00. The van der Waals surface area contributed by atoms with Crippen LogP contribution in [0.1, 0.15) is 27.2 Å². The molecule has 0 saturated heterocycles. The predicted octanol–water partition coefficient (Wildman–Crippen LogP) is 3.50. The summed E-state index contributed by atoms with van der Waals surface area (Å²) in [5.41, 5.74) is 1.11. The Morgan fingerprint density at radius 3 is 2.83 bits per heavy atom.